The van der Waals surface area contributed by atoms with E-state index in [-0.39, 0.29) is 6.04 Å². The Balaban J connectivity index is 2.36. The number of hydrazine groups is 1. The van der Waals surface area contributed by atoms with Crippen molar-refractivity contribution in [1.82, 2.24) is 15.2 Å². The molecule has 1 aromatic heterocycles. The predicted octanol–water partition coefficient (Wildman–Crippen LogP) is 2.40. The fourth-order valence-electron chi connectivity index (χ4n) is 3.05. The second kappa shape index (κ2) is 5.77. The number of nitrogens with two attached hydrogens (primary N) is 1. The van der Waals surface area contributed by atoms with E-state index in [1.807, 2.05) is 18.7 Å². The summed E-state index contributed by atoms with van der Waals surface area (Å²) in [5, 5.41) is 4.40. The van der Waals surface area contributed by atoms with Gasteiger partial charge < -0.3 is 0 Å². The van der Waals surface area contributed by atoms with E-state index in [0.717, 1.165) is 12.1 Å². The first-order valence-corrected chi connectivity index (χ1v) is 6.95. The standard InChI is InChI=1S/C16H24N4/c1-10-6-11(2)16(12(3)7-10)15(18-17)9-14-8-13(4)19-20(14)5/h6-8,15,18H,9,17H2,1-5H3. The van der Waals surface area contributed by atoms with Crippen LogP contribution < -0.4 is 11.3 Å². The molecule has 0 fully saturated rings. The summed E-state index contributed by atoms with van der Waals surface area (Å²) in [6.45, 7) is 8.43. The van der Waals surface area contributed by atoms with Crippen molar-refractivity contribution in [2.24, 2.45) is 12.9 Å². The van der Waals surface area contributed by atoms with Gasteiger partial charge in [0.05, 0.1) is 11.7 Å². The van der Waals surface area contributed by atoms with Crippen LogP contribution in [0, 0.1) is 27.7 Å². The first kappa shape index (κ1) is 14.8. The molecule has 1 heterocycles. The minimum atomic E-state index is 0.102. The third kappa shape index (κ3) is 2.92. The minimum Gasteiger partial charge on any atom is -0.272 e. The van der Waals surface area contributed by atoms with Crippen LogP contribution in [0.2, 0.25) is 0 Å². The Labute approximate surface area is 121 Å². The largest absolute Gasteiger partial charge is 0.272 e. The molecule has 0 aliphatic heterocycles. The molecule has 0 aliphatic rings. The maximum Gasteiger partial charge on any atom is 0.0596 e. The van der Waals surface area contributed by atoms with Crippen LogP contribution in [0.25, 0.3) is 0 Å². The number of nitrogens with zero attached hydrogens (tertiary/aromatic N) is 2. The molecule has 0 saturated heterocycles. The predicted molar refractivity (Wildman–Crippen MR) is 82.4 cm³/mol. The van der Waals surface area contributed by atoms with E-state index in [2.05, 4.69) is 49.5 Å². The molecule has 1 atom stereocenters. The van der Waals surface area contributed by atoms with E-state index < -0.39 is 0 Å². The summed E-state index contributed by atoms with van der Waals surface area (Å²) in [5.41, 5.74) is 10.3. The van der Waals surface area contributed by atoms with Gasteiger partial charge in [0.1, 0.15) is 0 Å². The lowest BCUT2D eigenvalue weighted by Crippen LogP contribution is -2.31. The maximum atomic E-state index is 5.81. The van der Waals surface area contributed by atoms with Crippen molar-refractivity contribution in [3.05, 3.63) is 51.8 Å². The Morgan fingerprint density at radius 3 is 2.20 bits per heavy atom. The van der Waals surface area contributed by atoms with Gasteiger partial charge in [0.25, 0.3) is 0 Å². The monoisotopic (exact) mass is 272 g/mol. The number of hydrogen-bond donors (Lipinski definition) is 2. The quantitative estimate of drug-likeness (QED) is 0.664. The second-order valence-corrected chi connectivity index (χ2v) is 5.64. The zero-order chi connectivity index (χ0) is 14.9. The van der Waals surface area contributed by atoms with Gasteiger partial charge in [-0.25, -0.2) is 0 Å². The van der Waals surface area contributed by atoms with E-state index in [0.29, 0.717) is 0 Å². The van der Waals surface area contributed by atoms with E-state index in [1.165, 1.54) is 27.9 Å². The Hall–Kier alpha value is -1.65. The molecule has 0 aliphatic carbocycles. The molecule has 0 amide bonds. The normalized spacial score (nSPS) is 12.7. The number of rotatable bonds is 4. The van der Waals surface area contributed by atoms with Crippen molar-refractivity contribution in [3.63, 3.8) is 0 Å². The molecule has 2 aromatic rings. The molecule has 20 heavy (non-hydrogen) atoms. The molecule has 4 nitrogen and oxygen atoms in total. The van der Waals surface area contributed by atoms with Crippen LogP contribution in [0.4, 0.5) is 0 Å². The molecule has 0 spiro atoms. The zero-order valence-corrected chi connectivity index (χ0v) is 13.0. The molecule has 0 saturated carbocycles. The van der Waals surface area contributed by atoms with E-state index in [9.17, 15) is 0 Å². The average Bonchev–Trinajstić information content (AvgIpc) is 2.65. The average molecular weight is 272 g/mol. The van der Waals surface area contributed by atoms with Gasteiger partial charge in [-0.15, -0.1) is 0 Å². The first-order chi connectivity index (χ1) is 9.42. The van der Waals surface area contributed by atoms with Crippen LogP contribution in [0.1, 0.15) is 39.7 Å². The number of aromatic nitrogens is 2. The number of nitrogens with one attached hydrogen (secondary N) is 1. The van der Waals surface area contributed by atoms with Gasteiger partial charge >= 0.3 is 0 Å². The fraction of sp³-hybridized carbons (Fsp3) is 0.438. The van der Waals surface area contributed by atoms with Crippen molar-refractivity contribution < 1.29 is 0 Å². The topological polar surface area (TPSA) is 55.9 Å². The third-order valence-electron chi connectivity index (χ3n) is 3.80. The molecule has 1 unspecified atom stereocenters. The summed E-state index contributed by atoms with van der Waals surface area (Å²) in [6.07, 6.45) is 0.832. The van der Waals surface area contributed by atoms with Gasteiger partial charge in [-0.3, -0.25) is 16.0 Å². The molecule has 0 bridgehead atoms. The summed E-state index contributed by atoms with van der Waals surface area (Å²) in [4.78, 5) is 0. The highest BCUT2D eigenvalue weighted by molar-refractivity contribution is 5.40. The Morgan fingerprint density at radius 2 is 1.75 bits per heavy atom. The summed E-state index contributed by atoms with van der Waals surface area (Å²) < 4.78 is 1.93. The van der Waals surface area contributed by atoms with Crippen LogP contribution in [0.3, 0.4) is 0 Å². The van der Waals surface area contributed by atoms with Gasteiger partial charge in [-0.1, -0.05) is 17.7 Å². The van der Waals surface area contributed by atoms with Gasteiger partial charge in [-0.2, -0.15) is 5.10 Å². The van der Waals surface area contributed by atoms with E-state index in [1.54, 1.807) is 0 Å². The van der Waals surface area contributed by atoms with Crippen LogP contribution in [0.15, 0.2) is 18.2 Å². The minimum absolute atomic E-state index is 0.102. The first-order valence-electron chi connectivity index (χ1n) is 6.95. The van der Waals surface area contributed by atoms with Gasteiger partial charge in [0.2, 0.25) is 0 Å². The lowest BCUT2D eigenvalue weighted by atomic mass is 9.92. The van der Waals surface area contributed by atoms with Crippen LogP contribution in [0.5, 0.6) is 0 Å². The van der Waals surface area contributed by atoms with Gasteiger partial charge in [0.15, 0.2) is 0 Å². The Bertz CT molecular complexity index is 590. The second-order valence-electron chi connectivity index (χ2n) is 5.64. The van der Waals surface area contributed by atoms with Crippen molar-refractivity contribution in [2.75, 3.05) is 0 Å². The Morgan fingerprint density at radius 1 is 1.15 bits per heavy atom. The van der Waals surface area contributed by atoms with Gasteiger partial charge in [0, 0.05) is 19.2 Å². The van der Waals surface area contributed by atoms with Gasteiger partial charge in [-0.05, 0) is 50.5 Å². The van der Waals surface area contributed by atoms with E-state index >= 15 is 0 Å². The molecule has 0 radical (unpaired) electrons. The van der Waals surface area contributed by atoms with Crippen LogP contribution in [-0.2, 0) is 13.5 Å². The molecule has 4 heteroatoms. The molecular formula is C16H24N4. The smallest absolute Gasteiger partial charge is 0.0596 e. The lowest BCUT2D eigenvalue weighted by molar-refractivity contribution is 0.525. The number of hydrogen-bond acceptors (Lipinski definition) is 3. The van der Waals surface area contributed by atoms with E-state index in [4.69, 9.17) is 5.84 Å². The SMILES string of the molecule is Cc1cc(C)c(C(Cc2cc(C)nn2C)NN)c(C)c1. The summed E-state index contributed by atoms with van der Waals surface area (Å²) >= 11 is 0. The van der Waals surface area contributed by atoms with Crippen molar-refractivity contribution in [2.45, 2.75) is 40.2 Å². The summed E-state index contributed by atoms with van der Waals surface area (Å²) in [5.74, 6) is 5.81. The van der Waals surface area contributed by atoms with Crippen molar-refractivity contribution >= 4 is 0 Å². The number of aryl methyl sites for hydroxylation is 5. The molecular weight excluding hydrogens is 248 g/mol. The Kier molecular flexibility index (Phi) is 4.26. The third-order valence-corrected chi connectivity index (χ3v) is 3.80. The van der Waals surface area contributed by atoms with Crippen LogP contribution >= 0.6 is 0 Å². The molecule has 1 aromatic carbocycles. The summed E-state index contributed by atoms with van der Waals surface area (Å²) in [7, 11) is 1.98. The molecule has 108 valence electrons. The highest BCUT2D eigenvalue weighted by Crippen LogP contribution is 2.26. The van der Waals surface area contributed by atoms with Crippen molar-refractivity contribution in [1.29, 1.82) is 0 Å². The number of benzene rings is 1. The lowest BCUT2D eigenvalue weighted by Gasteiger charge is -2.21. The highest BCUT2D eigenvalue weighted by atomic mass is 15.3. The molecule has 3 N–H and O–H groups in total. The maximum absolute atomic E-state index is 5.81. The summed E-state index contributed by atoms with van der Waals surface area (Å²) in [6, 6.07) is 6.64. The van der Waals surface area contributed by atoms with Crippen LogP contribution in [-0.4, -0.2) is 9.78 Å². The zero-order valence-electron chi connectivity index (χ0n) is 13.0. The molecule has 2 rings (SSSR count). The fourth-order valence-corrected chi connectivity index (χ4v) is 3.05. The highest BCUT2D eigenvalue weighted by Gasteiger charge is 2.17. The van der Waals surface area contributed by atoms with Crippen molar-refractivity contribution in [3.8, 4) is 0 Å².